The number of ether oxygens (including phenoxy) is 3. The second-order valence-corrected chi connectivity index (χ2v) is 5.17. The largest absolute Gasteiger partial charge is 0.497 e. The van der Waals surface area contributed by atoms with E-state index in [1.54, 1.807) is 7.11 Å². The molecular weight excluding hydrogens is 270 g/mol. The molecular formula is C15H19N3O3. The lowest BCUT2D eigenvalue weighted by molar-refractivity contribution is -0.0202. The molecule has 2 heterocycles. The Morgan fingerprint density at radius 1 is 1.33 bits per heavy atom. The summed E-state index contributed by atoms with van der Waals surface area (Å²) >= 11 is 0. The lowest BCUT2D eigenvalue weighted by Gasteiger charge is -2.26. The summed E-state index contributed by atoms with van der Waals surface area (Å²) in [5, 5.41) is 0.837. The summed E-state index contributed by atoms with van der Waals surface area (Å²) in [6.45, 7) is 1.06. The van der Waals surface area contributed by atoms with Gasteiger partial charge in [0.2, 0.25) is 5.88 Å². The number of rotatable bonds is 4. The number of fused-ring (bicyclic) bond motifs is 1. The predicted molar refractivity (Wildman–Crippen MR) is 78.5 cm³/mol. The number of methoxy groups -OCH3 is 1. The number of nitrogens with two attached hydrogens (primary N) is 1. The van der Waals surface area contributed by atoms with E-state index < -0.39 is 0 Å². The minimum absolute atomic E-state index is 0.0698. The van der Waals surface area contributed by atoms with Gasteiger partial charge in [-0.3, -0.25) is 0 Å². The van der Waals surface area contributed by atoms with Crippen molar-refractivity contribution in [1.82, 2.24) is 9.97 Å². The normalized spacial score (nSPS) is 22.2. The molecule has 6 nitrogen and oxygen atoms in total. The average molecular weight is 289 g/mol. The molecule has 2 atom stereocenters. The summed E-state index contributed by atoms with van der Waals surface area (Å²) < 4.78 is 16.7. The summed E-state index contributed by atoms with van der Waals surface area (Å²) in [5.74, 6) is 1.31. The molecule has 0 radical (unpaired) electrons. The SMILES string of the molecule is COc1ccc2ncnc(OC[C@H]3CC[C@H](N)CO3)c2c1. The molecule has 2 N–H and O–H groups in total. The number of aromatic nitrogens is 2. The third-order valence-corrected chi connectivity index (χ3v) is 3.62. The van der Waals surface area contributed by atoms with E-state index in [4.69, 9.17) is 19.9 Å². The van der Waals surface area contributed by atoms with Crippen LogP contribution >= 0.6 is 0 Å². The molecule has 0 saturated carbocycles. The van der Waals surface area contributed by atoms with Crippen LogP contribution in [0.25, 0.3) is 10.9 Å². The van der Waals surface area contributed by atoms with Crippen molar-refractivity contribution < 1.29 is 14.2 Å². The molecule has 1 fully saturated rings. The second-order valence-electron chi connectivity index (χ2n) is 5.17. The maximum Gasteiger partial charge on any atom is 0.224 e. The number of benzene rings is 1. The Balaban J connectivity index is 1.74. The van der Waals surface area contributed by atoms with Gasteiger partial charge in [0, 0.05) is 6.04 Å². The van der Waals surface area contributed by atoms with Gasteiger partial charge in [0.15, 0.2) is 0 Å². The molecule has 0 unspecified atom stereocenters. The molecule has 1 aromatic carbocycles. The fraction of sp³-hybridized carbons (Fsp3) is 0.467. The predicted octanol–water partition coefficient (Wildman–Crippen LogP) is 1.52. The molecule has 3 rings (SSSR count). The van der Waals surface area contributed by atoms with E-state index in [-0.39, 0.29) is 12.1 Å². The van der Waals surface area contributed by atoms with Gasteiger partial charge >= 0.3 is 0 Å². The third kappa shape index (κ3) is 3.22. The smallest absolute Gasteiger partial charge is 0.224 e. The lowest BCUT2D eigenvalue weighted by atomic mass is 10.1. The molecule has 1 aliphatic rings. The van der Waals surface area contributed by atoms with Crippen molar-refractivity contribution in [3.63, 3.8) is 0 Å². The van der Waals surface area contributed by atoms with Crippen LogP contribution in [0.4, 0.5) is 0 Å². The van der Waals surface area contributed by atoms with E-state index >= 15 is 0 Å². The first-order valence-electron chi connectivity index (χ1n) is 7.05. The zero-order chi connectivity index (χ0) is 14.7. The van der Waals surface area contributed by atoms with E-state index in [0.29, 0.717) is 19.1 Å². The highest BCUT2D eigenvalue weighted by molar-refractivity contribution is 5.84. The average Bonchev–Trinajstić information content (AvgIpc) is 2.54. The van der Waals surface area contributed by atoms with Crippen molar-refractivity contribution in [3.8, 4) is 11.6 Å². The summed E-state index contributed by atoms with van der Waals surface area (Å²) in [4.78, 5) is 8.44. The van der Waals surface area contributed by atoms with Crippen molar-refractivity contribution in [3.05, 3.63) is 24.5 Å². The van der Waals surface area contributed by atoms with Crippen LogP contribution in [0.3, 0.4) is 0 Å². The van der Waals surface area contributed by atoms with Crippen LogP contribution in [-0.4, -0.2) is 42.4 Å². The molecule has 6 heteroatoms. The molecule has 21 heavy (non-hydrogen) atoms. The number of hydrogen-bond acceptors (Lipinski definition) is 6. The Kier molecular flexibility index (Phi) is 4.17. The molecule has 0 amide bonds. The summed E-state index contributed by atoms with van der Waals surface area (Å²) in [5.41, 5.74) is 6.64. The highest BCUT2D eigenvalue weighted by Crippen LogP contribution is 2.26. The molecule has 1 aliphatic heterocycles. The fourth-order valence-electron chi connectivity index (χ4n) is 2.38. The van der Waals surface area contributed by atoms with Crippen LogP contribution in [0, 0.1) is 0 Å². The first-order chi connectivity index (χ1) is 10.3. The zero-order valence-electron chi connectivity index (χ0n) is 12.0. The summed E-state index contributed by atoms with van der Waals surface area (Å²) in [7, 11) is 1.63. The fourth-order valence-corrected chi connectivity index (χ4v) is 2.38. The van der Waals surface area contributed by atoms with Crippen LogP contribution < -0.4 is 15.2 Å². The maximum atomic E-state index is 5.82. The standard InChI is InChI=1S/C15H19N3O3/c1-19-11-4-5-14-13(6-11)15(18-9-17-14)21-8-12-3-2-10(16)7-20-12/h4-6,9-10,12H,2-3,7-8,16H2,1H3/t10-,12+/m0/s1. The van der Waals surface area contributed by atoms with Crippen LogP contribution in [0.15, 0.2) is 24.5 Å². The highest BCUT2D eigenvalue weighted by atomic mass is 16.5. The second kappa shape index (κ2) is 6.24. The van der Waals surface area contributed by atoms with E-state index in [9.17, 15) is 0 Å². The third-order valence-electron chi connectivity index (χ3n) is 3.62. The minimum Gasteiger partial charge on any atom is -0.497 e. The molecule has 1 saturated heterocycles. The van der Waals surface area contributed by atoms with Gasteiger partial charge < -0.3 is 19.9 Å². The molecule has 1 aromatic heterocycles. The van der Waals surface area contributed by atoms with Crippen molar-refractivity contribution in [1.29, 1.82) is 0 Å². The summed E-state index contributed by atoms with van der Waals surface area (Å²) in [6.07, 6.45) is 3.45. The maximum absolute atomic E-state index is 5.82. The Morgan fingerprint density at radius 2 is 2.24 bits per heavy atom. The van der Waals surface area contributed by atoms with Crippen LogP contribution in [-0.2, 0) is 4.74 Å². The Hall–Kier alpha value is -1.92. The van der Waals surface area contributed by atoms with Crippen molar-refractivity contribution in [2.24, 2.45) is 5.73 Å². The van der Waals surface area contributed by atoms with Gasteiger partial charge in [-0.25, -0.2) is 9.97 Å². The summed E-state index contributed by atoms with van der Waals surface area (Å²) in [6, 6.07) is 5.77. The molecule has 0 bridgehead atoms. The minimum atomic E-state index is 0.0698. The lowest BCUT2D eigenvalue weighted by Crippen LogP contribution is -2.37. The van der Waals surface area contributed by atoms with E-state index in [1.807, 2.05) is 18.2 Å². The molecule has 2 aromatic rings. The van der Waals surface area contributed by atoms with Gasteiger partial charge in [0.1, 0.15) is 18.7 Å². The Morgan fingerprint density at radius 3 is 3.00 bits per heavy atom. The van der Waals surface area contributed by atoms with E-state index in [0.717, 1.165) is 29.5 Å². The highest BCUT2D eigenvalue weighted by Gasteiger charge is 2.20. The topological polar surface area (TPSA) is 79.5 Å². The van der Waals surface area contributed by atoms with Gasteiger partial charge in [-0.05, 0) is 31.0 Å². The number of nitrogens with zero attached hydrogens (tertiary/aromatic N) is 2. The van der Waals surface area contributed by atoms with Crippen LogP contribution in [0.5, 0.6) is 11.6 Å². The number of hydrogen-bond donors (Lipinski definition) is 1. The van der Waals surface area contributed by atoms with Crippen molar-refractivity contribution in [2.45, 2.75) is 25.0 Å². The van der Waals surface area contributed by atoms with Gasteiger partial charge in [0.05, 0.1) is 30.7 Å². The van der Waals surface area contributed by atoms with E-state index in [2.05, 4.69) is 9.97 Å². The van der Waals surface area contributed by atoms with Crippen molar-refractivity contribution in [2.75, 3.05) is 20.3 Å². The monoisotopic (exact) mass is 289 g/mol. The van der Waals surface area contributed by atoms with Gasteiger partial charge in [-0.1, -0.05) is 0 Å². The molecule has 0 spiro atoms. The van der Waals surface area contributed by atoms with E-state index in [1.165, 1.54) is 6.33 Å². The van der Waals surface area contributed by atoms with Gasteiger partial charge in [0.25, 0.3) is 0 Å². The molecule has 0 aliphatic carbocycles. The molecule has 112 valence electrons. The van der Waals surface area contributed by atoms with Crippen molar-refractivity contribution >= 4 is 10.9 Å². The Labute approximate surface area is 123 Å². The van der Waals surface area contributed by atoms with Crippen LogP contribution in [0.1, 0.15) is 12.8 Å². The quantitative estimate of drug-likeness (QED) is 0.919. The first kappa shape index (κ1) is 14.0. The first-order valence-corrected chi connectivity index (χ1v) is 7.05. The Bertz CT molecular complexity index is 612. The van der Waals surface area contributed by atoms with Crippen LogP contribution in [0.2, 0.25) is 0 Å². The van der Waals surface area contributed by atoms with Gasteiger partial charge in [-0.15, -0.1) is 0 Å². The zero-order valence-corrected chi connectivity index (χ0v) is 12.0. The van der Waals surface area contributed by atoms with Gasteiger partial charge in [-0.2, -0.15) is 0 Å².